The Morgan fingerprint density at radius 3 is 2.50 bits per heavy atom. The number of carbonyl (C=O) groups is 1. The number of rotatable bonds is 4. The van der Waals surface area contributed by atoms with Gasteiger partial charge in [0.1, 0.15) is 0 Å². The van der Waals surface area contributed by atoms with E-state index in [1.165, 1.54) is 4.72 Å². The molecule has 0 aromatic heterocycles. The van der Waals surface area contributed by atoms with Gasteiger partial charge in [0.05, 0.1) is 6.04 Å². The molecule has 0 unspecified atom stereocenters. The highest BCUT2D eigenvalue weighted by atomic mass is 32.2. The fraction of sp³-hybridized carbons (Fsp3) is 0.750. The van der Waals surface area contributed by atoms with E-state index >= 15 is 0 Å². The minimum Gasteiger partial charge on any atom is -0.320 e. The molecule has 1 atom stereocenters. The molecular weight excluding hydrogens is 204 g/mol. The molecule has 0 aliphatic carbocycles. The molecule has 0 aromatic carbocycles. The van der Waals surface area contributed by atoms with Gasteiger partial charge >= 0.3 is 10.3 Å². The lowest BCUT2D eigenvalue weighted by molar-refractivity contribution is -0.120. The molecule has 0 radical (unpaired) electrons. The number of hydrogen-bond donors (Lipinski definition) is 4. The maximum atomic E-state index is 10.7. The van der Waals surface area contributed by atoms with Gasteiger partial charge in [0.25, 0.3) is 5.91 Å². The minimum atomic E-state index is -4.49. The largest absolute Gasteiger partial charge is 0.359 e. The van der Waals surface area contributed by atoms with Gasteiger partial charge in [-0.25, -0.2) is 4.72 Å². The SMILES string of the molecule is N[C@@H](CCS)C(=O)NS(=O)(=O)O. The van der Waals surface area contributed by atoms with E-state index < -0.39 is 22.3 Å². The second kappa shape index (κ2) is 4.65. The zero-order valence-corrected chi connectivity index (χ0v) is 7.81. The lowest BCUT2D eigenvalue weighted by Crippen LogP contribution is -2.43. The van der Waals surface area contributed by atoms with Crippen LogP contribution in [-0.2, 0) is 15.1 Å². The van der Waals surface area contributed by atoms with Crippen molar-refractivity contribution in [2.45, 2.75) is 12.5 Å². The molecule has 6 nitrogen and oxygen atoms in total. The Balaban J connectivity index is 4.05. The van der Waals surface area contributed by atoms with Crippen LogP contribution >= 0.6 is 12.6 Å². The van der Waals surface area contributed by atoms with E-state index in [0.29, 0.717) is 5.75 Å². The van der Waals surface area contributed by atoms with Crippen molar-refractivity contribution in [1.29, 1.82) is 0 Å². The van der Waals surface area contributed by atoms with Gasteiger partial charge in [0, 0.05) is 0 Å². The molecule has 1 amide bonds. The molecule has 0 rings (SSSR count). The third kappa shape index (κ3) is 5.35. The highest BCUT2D eigenvalue weighted by molar-refractivity contribution is 7.84. The van der Waals surface area contributed by atoms with Crippen LogP contribution in [0.15, 0.2) is 0 Å². The van der Waals surface area contributed by atoms with Gasteiger partial charge < -0.3 is 5.73 Å². The maximum Gasteiger partial charge on any atom is 0.359 e. The van der Waals surface area contributed by atoms with Crippen LogP contribution < -0.4 is 10.5 Å². The predicted octanol–water partition coefficient (Wildman–Crippen LogP) is -1.45. The van der Waals surface area contributed by atoms with Crippen LogP contribution in [0, 0.1) is 0 Å². The summed E-state index contributed by atoms with van der Waals surface area (Å²) >= 11 is 3.79. The Kier molecular flexibility index (Phi) is 4.53. The highest BCUT2D eigenvalue weighted by Crippen LogP contribution is 1.91. The minimum absolute atomic E-state index is 0.241. The van der Waals surface area contributed by atoms with E-state index in [9.17, 15) is 13.2 Å². The van der Waals surface area contributed by atoms with E-state index in [2.05, 4.69) is 12.6 Å². The lowest BCUT2D eigenvalue weighted by atomic mass is 10.2. The van der Waals surface area contributed by atoms with E-state index in [-0.39, 0.29) is 6.42 Å². The second-order valence-corrected chi connectivity index (χ2v) is 3.66. The molecule has 12 heavy (non-hydrogen) atoms. The van der Waals surface area contributed by atoms with Gasteiger partial charge in [-0.3, -0.25) is 9.35 Å². The van der Waals surface area contributed by atoms with Crippen molar-refractivity contribution in [2.24, 2.45) is 5.73 Å². The number of carbonyl (C=O) groups excluding carboxylic acids is 1. The molecule has 0 aliphatic rings. The molecule has 0 aromatic rings. The van der Waals surface area contributed by atoms with Crippen molar-refractivity contribution in [1.82, 2.24) is 4.72 Å². The molecule has 0 aliphatic heterocycles. The van der Waals surface area contributed by atoms with Crippen molar-refractivity contribution >= 4 is 28.8 Å². The van der Waals surface area contributed by atoms with Gasteiger partial charge in [-0.2, -0.15) is 21.0 Å². The van der Waals surface area contributed by atoms with E-state index in [1.54, 1.807) is 0 Å². The van der Waals surface area contributed by atoms with Crippen LogP contribution in [0.4, 0.5) is 0 Å². The van der Waals surface area contributed by atoms with Crippen molar-refractivity contribution in [2.75, 3.05) is 5.75 Å². The predicted molar refractivity (Wildman–Crippen MR) is 46.1 cm³/mol. The number of thiol groups is 1. The van der Waals surface area contributed by atoms with Gasteiger partial charge in [-0.15, -0.1) is 0 Å². The van der Waals surface area contributed by atoms with Crippen LogP contribution in [0.3, 0.4) is 0 Å². The molecule has 8 heteroatoms. The standard InChI is InChI=1S/C4H10N2O4S2/c5-3(1-2-11)4(7)6-12(8,9)10/h3,11H,1-2,5H2,(H,6,7)(H,8,9,10)/t3-/m0/s1. The van der Waals surface area contributed by atoms with Crippen LogP contribution in [-0.4, -0.2) is 30.7 Å². The number of hydrogen-bond acceptors (Lipinski definition) is 5. The monoisotopic (exact) mass is 214 g/mol. The molecule has 4 N–H and O–H groups in total. The number of nitrogens with two attached hydrogens (primary N) is 1. The number of nitrogens with one attached hydrogen (secondary N) is 1. The zero-order chi connectivity index (χ0) is 9.78. The first-order chi connectivity index (χ1) is 5.37. The Labute approximate surface area is 75.8 Å². The summed E-state index contributed by atoms with van der Waals surface area (Å²) in [5.74, 6) is -0.577. The van der Waals surface area contributed by atoms with Gasteiger partial charge in [0.2, 0.25) is 0 Å². The normalized spacial score (nSPS) is 13.9. The molecule has 0 heterocycles. The fourth-order valence-corrected chi connectivity index (χ4v) is 1.16. The molecule has 0 bridgehead atoms. The highest BCUT2D eigenvalue weighted by Gasteiger charge is 2.16. The van der Waals surface area contributed by atoms with Crippen molar-refractivity contribution < 1.29 is 17.8 Å². The van der Waals surface area contributed by atoms with Crippen molar-refractivity contribution in [3.8, 4) is 0 Å². The summed E-state index contributed by atoms with van der Waals surface area (Å²) in [5.41, 5.74) is 5.20. The van der Waals surface area contributed by atoms with Crippen molar-refractivity contribution in [3.63, 3.8) is 0 Å². The Bertz CT molecular complexity index is 250. The average Bonchev–Trinajstić information content (AvgIpc) is 1.84. The zero-order valence-electron chi connectivity index (χ0n) is 6.10. The Morgan fingerprint density at radius 2 is 2.17 bits per heavy atom. The quantitative estimate of drug-likeness (QED) is 0.338. The first-order valence-corrected chi connectivity index (χ1v) is 5.09. The topological polar surface area (TPSA) is 109 Å². The summed E-state index contributed by atoms with van der Waals surface area (Å²) in [6, 6.07) is -0.968. The van der Waals surface area contributed by atoms with Gasteiger partial charge in [-0.05, 0) is 12.2 Å². The maximum absolute atomic E-state index is 10.7. The lowest BCUT2D eigenvalue weighted by Gasteiger charge is -2.07. The Morgan fingerprint density at radius 1 is 1.67 bits per heavy atom. The van der Waals surface area contributed by atoms with Gasteiger partial charge in [0.15, 0.2) is 0 Å². The van der Waals surface area contributed by atoms with E-state index in [4.69, 9.17) is 10.3 Å². The molecule has 0 saturated carbocycles. The third-order valence-electron chi connectivity index (χ3n) is 1.01. The summed E-state index contributed by atoms with van der Waals surface area (Å²) in [4.78, 5) is 10.7. The third-order valence-corrected chi connectivity index (χ3v) is 1.72. The molecule has 0 spiro atoms. The summed E-state index contributed by atoms with van der Waals surface area (Å²) in [6.07, 6.45) is 0.241. The van der Waals surface area contributed by atoms with E-state index in [0.717, 1.165) is 0 Å². The first-order valence-electron chi connectivity index (χ1n) is 3.02. The van der Waals surface area contributed by atoms with Gasteiger partial charge in [-0.1, -0.05) is 0 Å². The van der Waals surface area contributed by atoms with E-state index in [1.807, 2.05) is 0 Å². The first kappa shape index (κ1) is 11.7. The smallest absolute Gasteiger partial charge is 0.320 e. The molecule has 0 saturated heterocycles. The fourth-order valence-electron chi connectivity index (χ4n) is 0.473. The van der Waals surface area contributed by atoms with Crippen LogP contribution in [0.2, 0.25) is 0 Å². The molecule has 0 fully saturated rings. The summed E-state index contributed by atoms with van der Waals surface area (Å²) in [7, 11) is -4.49. The average molecular weight is 214 g/mol. The number of amides is 1. The van der Waals surface area contributed by atoms with Crippen molar-refractivity contribution in [3.05, 3.63) is 0 Å². The van der Waals surface area contributed by atoms with Crippen LogP contribution in [0.1, 0.15) is 6.42 Å². The molecular formula is C4H10N2O4S2. The summed E-state index contributed by atoms with van der Waals surface area (Å²) in [6.45, 7) is 0. The molecule has 72 valence electrons. The second-order valence-electron chi connectivity index (χ2n) is 2.06. The van der Waals surface area contributed by atoms with Crippen LogP contribution in [0.25, 0.3) is 0 Å². The summed E-state index contributed by atoms with van der Waals surface area (Å²) < 4.78 is 29.7. The Hall–Kier alpha value is -0.310. The summed E-state index contributed by atoms with van der Waals surface area (Å²) in [5, 5.41) is 0. The van der Waals surface area contributed by atoms with Crippen LogP contribution in [0.5, 0.6) is 0 Å².